The maximum atomic E-state index is 12.6. The van der Waals surface area contributed by atoms with Crippen molar-refractivity contribution in [3.05, 3.63) is 65.8 Å². The molecule has 1 amide bonds. The predicted octanol–water partition coefficient (Wildman–Crippen LogP) is 1.42. The van der Waals surface area contributed by atoms with E-state index >= 15 is 0 Å². The van der Waals surface area contributed by atoms with Crippen LogP contribution in [0.5, 0.6) is 0 Å². The summed E-state index contributed by atoms with van der Waals surface area (Å²) in [6.07, 6.45) is 5.67. The van der Waals surface area contributed by atoms with Crippen LogP contribution < -0.4 is 0 Å². The second-order valence-electron chi connectivity index (χ2n) is 6.41. The topological polar surface area (TPSA) is 68.8 Å². The summed E-state index contributed by atoms with van der Waals surface area (Å²) in [5, 5.41) is 4.11. The quantitative estimate of drug-likeness (QED) is 0.722. The van der Waals surface area contributed by atoms with Crippen LogP contribution in [0.25, 0.3) is 0 Å². The first-order valence-corrected chi connectivity index (χ1v) is 8.38. The van der Waals surface area contributed by atoms with E-state index in [9.17, 15) is 4.79 Å². The van der Waals surface area contributed by atoms with E-state index in [1.165, 1.54) is 11.9 Å². The Morgan fingerprint density at radius 3 is 2.80 bits per heavy atom. The zero-order chi connectivity index (χ0) is 17.2. The number of benzene rings is 1. The molecule has 0 fully saturated rings. The molecule has 0 aliphatic carbocycles. The van der Waals surface area contributed by atoms with Crippen molar-refractivity contribution in [2.45, 2.75) is 33.0 Å². The highest BCUT2D eigenvalue weighted by molar-refractivity contribution is 5.78. The largest absolute Gasteiger partial charge is 0.333 e. The molecule has 0 spiro atoms. The Morgan fingerprint density at radius 1 is 1.20 bits per heavy atom. The highest BCUT2D eigenvalue weighted by atomic mass is 16.2. The van der Waals surface area contributed by atoms with E-state index < -0.39 is 0 Å². The van der Waals surface area contributed by atoms with Gasteiger partial charge in [-0.3, -0.25) is 4.79 Å². The van der Waals surface area contributed by atoms with Gasteiger partial charge in [0, 0.05) is 19.3 Å². The molecule has 0 unspecified atom stereocenters. The normalized spacial score (nSPS) is 13.7. The molecule has 0 bridgehead atoms. The van der Waals surface area contributed by atoms with Crippen LogP contribution >= 0.6 is 0 Å². The molecule has 0 saturated heterocycles. The standard InChI is InChI=1S/C18H20N6O/c1-14-2-4-15(5-3-14)8-18(25)23-7-6-22-9-16(21-17(22)11-23)10-24-13-19-12-20-24/h2-5,9,12-13H,6-8,10-11H2,1H3. The van der Waals surface area contributed by atoms with Gasteiger partial charge in [0.25, 0.3) is 0 Å². The molecule has 2 aromatic heterocycles. The Kier molecular flexibility index (Phi) is 4.05. The second kappa shape index (κ2) is 6.51. The van der Waals surface area contributed by atoms with Crippen molar-refractivity contribution in [2.75, 3.05) is 6.54 Å². The van der Waals surface area contributed by atoms with E-state index in [1.54, 1.807) is 11.0 Å². The predicted molar refractivity (Wildman–Crippen MR) is 91.7 cm³/mol. The lowest BCUT2D eigenvalue weighted by Crippen LogP contribution is -2.39. The summed E-state index contributed by atoms with van der Waals surface area (Å²) in [5.41, 5.74) is 3.20. The van der Waals surface area contributed by atoms with Crippen molar-refractivity contribution >= 4 is 5.91 Å². The monoisotopic (exact) mass is 336 g/mol. The van der Waals surface area contributed by atoms with Crippen LogP contribution in [0, 0.1) is 6.92 Å². The highest BCUT2D eigenvalue weighted by Crippen LogP contribution is 2.15. The maximum Gasteiger partial charge on any atom is 0.227 e. The van der Waals surface area contributed by atoms with E-state index in [-0.39, 0.29) is 5.91 Å². The summed E-state index contributed by atoms with van der Waals surface area (Å²) in [6, 6.07) is 8.13. The lowest BCUT2D eigenvalue weighted by atomic mass is 10.1. The number of rotatable bonds is 4. The van der Waals surface area contributed by atoms with Crippen LogP contribution in [0.15, 0.2) is 43.1 Å². The fourth-order valence-electron chi connectivity index (χ4n) is 3.07. The third-order valence-corrected chi connectivity index (χ3v) is 4.47. The number of aromatic nitrogens is 5. The summed E-state index contributed by atoms with van der Waals surface area (Å²) in [7, 11) is 0. The zero-order valence-electron chi connectivity index (χ0n) is 14.2. The third-order valence-electron chi connectivity index (χ3n) is 4.47. The summed E-state index contributed by atoms with van der Waals surface area (Å²) in [6.45, 7) is 4.70. The molecule has 25 heavy (non-hydrogen) atoms. The number of aryl methyl sites for hydroxylation is 1. The molecule has 3 aromatic rings. The second-order valence-corrected chi connectivity index (χ2v) is 6.41. The van der Waals surface area contributed by atoms with E-state index in [2.05, 4.69) is 19.6 Å². The average molecular weight is 336 g/mol. The minimum atomic E-state index is 0.149. The molecule has 1 aromatic carbocycles. The smallest absolute Gasteiger partial charge is 0.227 e. The van der Waals surface area contributed by atoms with Crippen molar-refractivity contribution in [3.63, 3.8) is 0 Å². The number of carbonyl (C=O) groups excluding carboxylic acids is 1. The van der Waals surface area contributed by atoms with Gasteiger partial charge in [0.2, 0.25) is 5.91 Å². The molecule has 0 N–H and O–H groups in total. The van der Waals surface area contributed by atoms with Crippen LogP contribution in [0.1, 0.15) is 22.6 Å². The summed E-state index contributed by atoms with van der Waals surface area (Å²) in [5.74, 6) is 1.08. The van der Waals surface area contributed by atoms with Gasteiger partial charge in [0.15, 0.2) is 0 Å². The van der Waals surface area contributed by atoms with Gasteiger partial charge in [0.1, 0.15) is 18.5 Å². The van der Waals surface area contributed by atoms with Crippen molar-refractivity contribution in [3.8, 4) is 0 Å². The first kappa shape index (κ1) is 15.6. The summed E-state index contributed by atoms with van der Waals surface area (Å²) >= 11 is 0. The molecule has 0 saturated carbocycles. The van der Waals surface area contributed by atoms with Crippen molar-refractivity contribution in [2.24, 2.45) is 0 Å². The Hall–Kier alpha value is -2.96. The molecule has 3 heterocycles. The van der Waals surface area contributed by atoms with Gasteiger partial charge in [-0.15, -0.1) is 0 Å². The Balaban J connectivity index is 1.42. The van der Waals surface area contributed by atoms with Crippen molar-refractivity contribution < 1.29 is 4.79 Å². The van der Waals surface area contributed by atoms with Crippen LogP contribution in [0.2, 0.25) is 0 Å². The molecule has 0 atom stereocenters. The van der Waals surface area contributed by atoms with Gasteiger partial charge < -0.3 is 9.47 Å². The van der Waals surface area contributed by atoms with Gasteiger partial charge in [-0.2, -0.15) is 5.10 Å². The minimum absolute atomic E-state index is 0.149. The SMILES string of the molecule is Cc1ccc(CC(=O)N2CCn3cc(Cn4cncn4)nc3C2)cc1. The lowest BCUT2D eigenvalue weighted by Gasteiger charge is -2.27. The molecule has 1 aliphatic heterocycles. The van der Waals surface area contributed by atoms with Gasteiger partial charge >= 0.3 is 0 Å². The first-order valence-electron chi connectivity index (χ1n) is 8.38. The molecule has 7 heteroatoms. The first-order chi connectivity index (χ1) is 12.2. The van der Waals surface area contributed by atoms with Crippen LogP contribution in [-0.2, 0) is 30.8 Å². The Labute approximate surface area is 145 Å². The summed E-state index contributed by atoms with van der Waals surface area (Å²) < 4.78 is 3.87. The number of amides is 1. The molecule has 7 nitrogen and oxygen atoms in total. The van der Waals surface area contributed by atoms with E-state index in [0.29, 0.717) is 19.5 Å². The van der Waals surface area contributed by atoms with Crippen LogP contribution in [-0.4, -0.2) is 41.7 Å². The average Bonchev–Trinajstić information content (AvgIpc) is 3.25. The van der Waals surface area contributed by atoms with Crippen LogP contribution in [0.4, 0.5) is 0 Å². The van der Waals surface area contributed by atoms with E-state index in [1.807, 2.05) is 42.3 Å². The summed E-state index contributed by atoms with van der Waals surface area (Å²) in [4.78, 5) is 23.1. The van der Waals surface area contributed by atoms with E-state index in [0.717, 1.165) is 30.2 Å². The molecule has 128 valence electrons. The van der Waals surface area contributed by atoms with Gasteiger partial charge in [-0.25, -0.2) is 14.6 Å². The number of carbonyl (C=O) groups is 1. The van der Waals surface area contributed by atoms with Crippen LogP contribution in [0.3, 0.4) is 0 Å². The molecule has 1 aliphatic rings. The Bertz CT molecular complexity index is 866. The third kappa shape index (κ3) is 3.45. The zero-order valence-corrected chi connectivity index (χ0v) is 14.2. The minimum Gasteiger partial charge on any atom is -0.333 e. The number of hydrogen-bond acceptors (Lipinski definition) is 4. The van der Waals surface area contributed by atoms with Gasteiger partial charge in [-0.05, 0) is 12.5 Å². The number of nitrogens with zero attached hydrogens (tertiary/aromatic N) is 6. The number of imidazole rings is 1. The highest BCUT2D eigenvalue weighted by Gasteiger charge is 2.22. The maximum absolute atomic E-state index is 12.6. The number of hydrogen-bond donors (Lipinski definition) is 0. The van der Waals surface area contributed by atoms with Gasteiger partial charge in [0.05, 0.1) is 25.2 Å². The molecule has 0 radical (unpaired) electrons. The fourth-order valence-corrected chi connectivity index (χ4v) is 3.07. The number of fused-ring (bicyclic) bond motifs is 1. The Morgan fingerprint density at radius 2 is 2.04 bits per heavy atom. The molecular formula is C18H20N6O. The van der Waals surface area contributed by atoms with E-state index in [4.69, 9.17) is 0 Å². The fraction of sp³-hybridized carbons (Fsp3) is 0.333. The van der Waals surface area contributed by atoms with Gasteiger partial charge in [-0.1, -0.05) is 29.8 Å². The van der Waals surface area contributed by atoms with Crippen molar-refractivity contribution in [1.29, 1.82) is 0 Å². The molecular weight excluding hydrogens is 316 g/mol. The lowest BCUT2D eigenvalue weighted by molar-refractivity contribution is -0.132. The molecule has 4 rings (SSSR count). The van der Waals surface area contributed by atoms with Crippen molar-refractivity contribution in [1.82, 2.24) is 29.2 Å².